The number of hydrogen-bond donors (Lipinski definition) is 0. The van der Waals surface area contributed by atoms with Crippen LogP contribution in [0.15, 0.2) is 48.5 Å². The van der Waals surface area contributed by atoms with Gasteiger partial charge in [0.25, 0.3) is 0 Å². The highest BCUT2D eigenvalue weighted by Crippen LogP contribution is 2.24. The van der Waals surface area contributed by atoms with Gasteiger partial charge in [0.2, 0.25) is 0 Å². The molecule has 0 unspecified atom stereocenters. The van der Waals surface area contributed by atoms with Crippen molar-refractivity contribution in [1.29, 1.82) is 0 Å². The Morgan fingerprint density at radius 1 is 0.583 bits per heavy atom. The van der Waals surface area contributed by atoms with Gasteiger partial charge in [0.15, 0.2) is 11.6 Å². The summed E-state index contributed by atoms with van der Waals surface area (Å²) < 4.78 is 22.9. The van der Waals surface area contributed by atoms with E-state index in [0.29, 0.717) is 39.6 Å². The summed E-state index contributed by atoms with van der Waals surface area (Å²) in [6.07, 6.45) is 10.1. The fraction of sp³-hybridized carbons (Fsp3) is 0.650. The van der Waals surface area contributed by atoms with Crippen molar-refractivity contribution < 1.29 is 28.5 Å². The minimum absolute atomic E-state index is 0.0994. The zero-order valence-electron chi connectivity index (χ0n) is 29.7. The van der Waals surface area contributed by atoms with Crippen molar-refractivity contribution in [2.45, 2.75) is 78.1 Å². The van der Waals surface area contributed by atoms with E-state index in [1.165, 1.54) is 0 Å². The summed E-state index contributed by atoms with van der Waals surface area (Å²) in [4.78, 5) is 32.4. The van der Waals surface area contributed by atoms with E-state index in [0.717, 1.165) is 126 Å². The summed E-state index contributed by atoms with van der Waals surface area (Å²) in [5.74, 6) is 1.82. The first kappa shape index (κ1) is 38.0. The van der Waals surface area contributed by atoms with Gasteiger partial charge in [-0.1, -0.05) is 52.4 Å². The number of ketones is 2. The number of Topliss-reactive ketones (excluding diaryl/α,β-unsaturated/α-hetero) is 2. The van der Waals surface area contributed by atoms with Gasteiger partial charge in [-0.05, 0) is 74.2 Å². The van der Waals surface area contributed by atoms with Crippen LogP contribution < -0.4 is 9.47 Å². The summed E-state index contributed by atoms with van der Waals surface area (Å²) >= 11 is 0. The predicted molar refractivity (Wildman–Crippen MR) is 192 cm³/mol. The number of rotatable bonds is 23. The van der Waals surface area contributed by atoms with Crippen LogP contribution in [0.4, 0.5) is 0 Å². The molecule has 48 heavy (non-hydrogen) atoms. The summed E-state index contributed by atoms with van der Waals surface area (Å²) in [6, 6.07) is 15.4. The molecule has 2 atom stereocenters. The first-order chi connectivity index (χ1) is 23.6. The number of unbranched alkanes of at least 4 members (excludes halogenated alkanes) is 5. The van der Waals surface area contributed by atoms with E-state index >= 15 is 0 Å². The van der Waals surface area contributed by atoms with E-state index in [1.807, 2.05) is 48.5 Å². The second-order valence-electron chi connectivity index (χ2n) is 13.4. The Balaban J connectivity index is 1.35. The van der Waals surface area contributed by atoms with Gasteiger partial charge in [-0.15, -0.1) is 0 Å². The molecule has 0 aliphatic carbocycles. The van der Waals surface area contributed by atoms with Crippen molar-refractivity contribution in [2.24, 2.45) is 11.8 Å². The lowest BCUT2D eigenvalue weighted by molar-refractivity contribution is 0.0283. The monoisotopic (exact) mass is 664 g/mol. The third-order valence-electron chi connectivity index (χ3n) is 9.57. The fourth-order valence-electron chi connectivity index (χ4n) is 6.57. The summed E-state index contributed by atoms with van der Waals surface area (Å²) in [7, 11) is 0. The van der Waals surface area contributed by atoms with Crippen molar-refractivity contribution in [1.82, 2.24) is 9.80 Å². The first-order valence-corrected chi connectivity index (χ1v) is 18.7. The summed E-state index contributed by atoms with van der Waals surface area (Å²) in [5, 5.41) is 0. The van der Waals surface area contributed by atoms with Crippen molar-refractivity contribution in [2.75, 3.05) is 78.9 Å². The molecular formula is C40H60N2O6. The number of ether oxygens (including phenoxy) is 4. The van der Waals surface area contributed by atoms with Crippen LogP contribution in [0.1, 0.15) is 98.8 Å². The largest absolute Gasteiger partial charge is 0.494 e. The number of nitrogens with zero attached hydrogens (tertiary/aromatic N) is 2. The summed E-state index contributed by atoms with van der Waals surface area (Å²) in [6.45, 7) is 13.5. The van der Waals surface area contributed by atoms with Crippen LogP contribution in [-0.4, -0.2) is 100 Å². The quantitative estimate of drug-likeness (QED) is 0.0902. The number of morpholine rings is 2. The van der Waals surface area contributed by atoms with Crippen LogP contribution in [0, 0.1) is 11.8 Å². The van der Waals surface area contributed by atoms with Gasteiger partial charge in [-0.25, -0.2) is 0 Å². The van der Waals surface area contributed by atoms with Gasteiger partial charge < -0.3 is 18.9 Å². The van der Waals surface area contributed by atoms with Crippen LogP contribution in [-0.2, 0) is 9.47 Å². The number of benzene rings is 2. The topological polar surface area (TPSA) is 77.5 Å². The van der Waals surface area contributed by atoms with E-state index in [4.69, 9.17) is 18.9 Å². The second kappa shape index (κ2) is 22.0. The molecule has 0 bridgehead atoms. The zero-order valence-corrected chi connectivity index (χ0v) is 29.7. The highest BCUT2D eigenvalue weighted by atomic mass is 16.5. The highest BCUT2D eigenvalue weighted by Gasteiger charge is 2.26. The second-order valence-corrected chi connectivity index (χ2v) is 13.4. The molecule has 8 heteroatoms. The Bertz CT molecular complexity index is 1080. The third kappa shape index (κ3) is 13.3. The lowest BCUT2D eigenvalue weighted by Crippen LogP contribution is -2.41. The van der Waals surface area contributed by atoms with Gasteiger partial charge in [0.05, 0.1) is 39.6 Å². The maximum atomic E-state index is 13.9. The van der Waals surface area contributed by atoms with Gasteiger partial charge in [-0.3, -0.25) is 19.4 Å². The fourth-order valence-corrected chi connectivity index (χ4v) is 6.57. The Morgan fingerprint density at radius 3 is 1.31 bits per heavy atom. The van der Waals surface area contributed by atoms with Crippen molar-refractivity contribution in [3.05, 3.63) is 59.7 Å². The van der Waals surface area contributed by atoms with Gasteiger partial charge in [-0.2, -0.15) is 0 Å². The molecule has 0 radical (unpaired) electrons. The minimum atomic E-state index is -0.0994. The molecule has 0 saturated carbocycles. The molecule has 0 amide bonds. The van der Waals surface area contributed by atoms with Crippen LogP contribution in [0.25, 0.3) is 0 Å². The van der Waals surface area contributed by atoms with Gasteiger partial charge in [0.1, 0.15) is 11.5 Å². The maximum Gasteiger partial charge on any atom is 0.167 e. The first-order valence-electron chi connectivity index (χ1n) is 18.7. The smallest absolute Gasteiger partial charge is 0.167 e. The van der Waals surface area contributed by atoms with Crippen LogP contribution in [0.2, 0.25) is 0 Å². The van der Waals surface area contributed by atoms with Crippen LogP contribution in [0.3, 0.4) is 0 Å². The average Bonchev–Trinajstić information content (AvgIpc) is 3.13. The molecule has 2 fully saturated rings. The Hall–Kier alpha value is -2.78. The molecule has 266 valence electrons. The highest BCUT2D eigenvalue weighted by molar-refractivity contribution is 5.98. The third-order valence-corrected chi connectivity index (χ3v) is 9.57. The molecule has 2 aromatic rings. The molecule has 2 heterocycles. The number of hydrogen-bond acceptors (Lipinski definition) is 8. The van der Waals surface area contributed by atoms with E-state index in [2.05, 4.69) is 23.6 Å². The number of carbonyl (C=O) groups excluding carboxylic acids is 2. The van der Waals surface area contributed by atoms with Crippen molar-refractivity contribution in [3.63, 3.8) is 0 Å². The lowest BCUT2D eigenvalue weighted by atomic mass is 9.88. The SMILES string of the molecule is CCCCCOc1ccc(C(=O)[C@H](CCCC[C@@H](CN2CCOCC2)C(=O)c2ccc(OCCCCC)cc2)CN2CCOCC2)cc1. The molecule has 2 aliphatic rings. The minimum Gasteiger partial charge on any atom is -0.494 e. The molecule has 2 aromatic carbocycles. The standard InChI is InChI=1S/C40H60N2O6/c1-3-5-9-25-47-37-17-13-33(14-18-37)39(43)35(31-41-21-27-45-28-22-41)11-7-8-12-36(32-42-23-29-46-30-24-42)40(44)34-15-19-38(20-16-34)48-26-10-6-4-2/h13-20,35-36H,3-12,21-32H2,1-2H3/t35-,36+. The van der Waals surface area contributed by atoms with E-state index in [9.17, 15) is 9.59 Å². The Labute approximate surface area is 289 Å². The molecule has 4 rings (SSSR count). The maximum absolute atomic E-state index is 13.9. The van der Waals surface area contributed by atoms with E-state index < -0.39 is 0 Å². The van der Waals surface area contributed by atoms with Gasteiger partial charge in [0, 0.05) is 62.2 Å². The van der Waals surface area contributed by atoms with E-state index in [-0.39, 0.29) is 23.4 Å². The Kier molecular flexibility index (Phi) is 17.5. The Morgan fingerprint density at radius 2 is 0.958 bits per heavy atom. The van der Waals surface area contributed by atoms with Gasteiger partial charge >= 0.3 is 0 Å². The molecular weight excluding hydrogens is 604 g/mol. The molecule has 2 aliphatic heterocycles. The lowest BCUT2D eigenvalue weighted by Gasteiger charge is -2.31. The normalized spacial score (nSPS) is 17.1. The van der Waals surface area contributed by atoms with E-state index in [1.54, 1.807) is 0 Å². The zero-order chi connectivity index (χ0) is 33.8. The van der Waals surface area contributed by atoms with Crippen LogP contribution >= 0.6 is 0 Å². The molecule has 8 nitrogen and oxygen atoms in total. The molecule has 2 saturated heterocycles. The summed E-state index contributed by atoms with van der Waals surface area (Å²) in [5.41, 5.74) is 1.49. The van der Waals surface area contributed by atoms with Crippen molar-refractivity contribution >= 4 is 11.6 Å². The molecule has 0 N–H and O–H groups in total. The predicted octanol–water partition coefficient (Wildman–Crippen LogP) is 7.35. The average molecular weight is 665 g/mol. The number of carbonyl (C=O) groups is 2. The van der Waals surface area contributed by atoms with Crippen molar-refractivity contribution in [3.8, 4) is 11.5 Å². The van der Waals surface area contributed by atoms with Crippen LogP contribution in [0.5, 0.6) is 11.5 Å². The molecule has 0 aromatic heterocycles. The molecule has 0 spiro atoms.